The van der Waals surface area contributed by atoms with E-state index in [1.54, 1.807) is 7.11 Å². The van der Waals surface area contributed by atoms with E-state index in [9.17, 15) is 0 Å². The number of rotatable bonds is 10. The molecule has 0 amide bonds. The fourth-order valence-corrected chi connectivity index (χ4v) is 4.12. The Morgan fingerprint density at radius 2 is 1.38 bits per heavy atom. The van der Waals surface area contributed by atoms with Gasteiger partial charge in [0.1, 0.15) is 18.1 Å². The van der Waals surface area contributed by atoms with Crippen molar-refractivity contribution in [3.8, 4) is 11.5 Å². The summed E-state index contributed by atoms with van der Waals surface area (Å²) in [6, 6.07) is 35.2. The van der Waals surface area contributed by atoms with Crippen molar-refractivity contribution in [3.05, 3.63) is 120 Å². The number of hydrogen-bond acceptors (Lipinski definition) is 4. The zero-order valence-corrected chi connectivity index (χ0v) is 19.9. The molecule has 0 aliphatic rings. The van der Waals surface area contributed by atoms with Crippen molar-refractivity contribution in [1.82, 2.24) is 0 Å². The first kappa shape index (κ1) is 23.2. The molecule has 0 aromatic heterocycles. The average Bonchev–Trinajstić information content (AvgIpc) is 2.88. The van der Waals surface area contributed by atoms with Crippen LogP contribution in [0.3, 0.4) is 0 Å². The van der Waals surface area contributed by atoms with Gasteiger partial charge in [-0.05, 0) is 54.3 Å². The van der Waals surface area contributed by atoms with Crippen molar-refractivity contribution in [1.29, 1.82) is 0 Å². The molecule has 0 radical (unpaired) electrons. The molecule has 4 aromatic carbocycles. The number of benzene rings is 4. The van der Waals surface area contributed by atoms with Crippen LogP contribution < -0.4 is 20.1 Å². The van der Waals surface area contributed by atoms with Crippen molar-refractivity contribution in [2.75, 3.05) is 17.7 Å². The Hall–Kier alpha value is -3.92. The largest absolute Gasteiger partial charge is 0.497 e. The molecule has 174 valence electrons. The van der Waals surface area contributed by atoms with Crippen LogP contribution in [0.4, 0.5) is 11.4 Å². The van der Waals surface area contributed by atoms with Gasteiger partial charge in [0.15, 0.2) is 0 Å². The van der Waals surface area contributed by atoms with E-state index in [1.807, 2.05) is 48.5 Å². The number of nitrogens with two attached hydrogens (primary N) is 1. The van der Waals surface area contributed by atoms with E-state index in [4.69, 9.17) is 15.2 Å². The molecule has 0 aliphatic carbocycles. The van der Waals surface area contributed by atoms with Gasteiger partial charge in [-0.25, -0.2) is 0 Å². The highest BCUT2D eigenvalue weighted by atomic mass is 16.5. The van der Waals surface area contributed by atoms with E-state index in [0.29, 0.717) is 18.0 Å². The summed E-state index contributed by atoms with van der Waals surface area (Å²) < 4.78 is 11.4. The zero-order valence-electron chi connectivity index (χ0n) is 19.9. The molecular weight excluding hydrogens is 420 g/mol. The number of anilines is 2. The second kappa shape index (κ2) is 11.3. The van der Waals surface area contributed by atoms with Crippen LogP contribution in [0.1, 0.15) is 23.6 Å². The smallest absolute Gasteiger partial charge is 0.144 e. The minimum atomic E-state index is 0.209. The van der Waals surface area contributed by atoms with Gasteiger partial charge in [0, 0.05) is 12.6 Å². The monoisotopic (exact) mass is 452 g/mol. The number of para-hydroxylation sites is 1. The molecule has 4 aromatic rings. The molecule has 1 atom stereocenters. The lowest BCUT2D eigenvalue weighted by Gasteiger charge is -2.33. The number of methoxy groups -OCH3 is 1. The Kier molecular flexibility index (Phi) is 7.71. The fraction of sp³-hybridized carbons (Fsp3) is 0.200. The summed E-state index contributed by atoms with van der Waals surface area (Å²) in [5.41, 5.74) is 11.9. The second-order valence-electron chi connectivity index (χ2n) is 8.48. The molecule has 4 rings (SSSR count). The molecule has 0 fully saturated rings. The quantitative estimate of drug-likeness (QED) is 0.279. The van der Waals surface area contributed by atoms with Gasteiger partial charge >= 0.3 is 0 Å². The molecule has 0 aliphatic heterocycles. The first-order valence-electron chi connectivity index (χ1n) is 11.6. The number of nitrogens with zero attached hydrogens (tertiary/aromatic N) is 1. The second-order valence-corrected chi connectivity index (χ2v) is 8.48. The minimum absolute atomic E-state index is 0.209. The summed E-state index contributed by atoms with van der Waals surface area (Å²) in [5.74, 6) is 1.57. The predicted octanol–water partition coefficient (Wildman–Crippen LogP) is 6.49. The first-order valence-corrected chi connectivity index (χ1v) is 11.6. The lowest BCUT2D eigenvalue weighted by atomic mass is 10.0. The number of hydrogen-bond donors (Lipinski definition) is 1. The Morgan fingerprint density at radius 3 is 2.03 bits per heavy atom. The van der Waals surface area contributed by atoms with Crippen molar-refractivity contribution < 1.29 is 9.47 Å². The maximum Gasteiger partial charge on any atom is 0.144 e. The van der Waals surface area contributed by atoms with Crippen molar-refractivity contribution in [2.24, 2.45) is 0 Å². The molecular formula is C30H32N2O2. The van der Waals surface area contributed by atoms with Gasteiger partial charge in [-0.2, -0.15) is 0 Å². The summed E-state index contributed by atoms with van der Waals surface area (Å²) >= 11 is 0. The first-order chi connectivity index (χ1) is 16.6. The van der Waals surface area contributed by atoms with Gasteiger partial charge in [-0.15, -0.1) is 0 Å². The molecule has 4 heteroatoms. The Morgan fingerprint density at radius 1 is 0.735 bits per heavy atom. The molecule has 2 N–H and O–H groups in total. The fourth-order valence-electron chi connectivity index (χ4n) is 4.12. The van der Waals surface area contributed by atoms with Gasteiger partial charge in [-0.1, -0.05) is 78.9 Å². The van der Waals surface area contributed by atoms with E-state index in [0.717, 1.165) is 30.0 Å². The highest BCUT2D eigenvalue weighted by Gasteiger charge is 2.20. The van der Waals surface area contributed by atoms with Crippen molar-refractivity contribution in [3.63, 3.8) is 0 Å². The molecule has 4 nitrogen and oxygen atoms in total. The standard InChI is InChI=1S/C30H32N2O2/c1-23(20-24-16-18-27(33-2)19-17-24)32(21-25-10-5-3-6-11-25)28-14-9-15-29(30(28)31)34-22-26-12-7-4-8-13-26/h3-19,23H,20-22,31H2,1-2H3. The lowest BCUT2D eigenvalue weighted by Crippen LogP contribution is -2.34. The van der Waals surface area contributed by atoms with Crippen LogP contribution in [0.15, 0.2) is 103 Å². The van der Waals surface area contributed by atoms with E-state index in [1.165, 1.54) is 11.1 Å². The van der Waals surface area contributed by atoms with Gasteiger partial charge in [-0.3, -0.25) is 0 Å². The molecule has 0 saturated carbocycles. The van der Waals surface area contributed by atoms with Crippen LogP contribution in [0.5, 0.6) is 11.5 Å². The van der Waals surface area contributed by atoms with Gasteiger partial charge in [0.25, 0.3) is 0 Å². The van der Waals surface area contributed by atoms with Crippen LogP contribution >= 0.6 is 0 Å². The maximum atomic E-state index is 6.69. The van der Waals surface area contributed by atoms with Crippen LogP contribution in [0.2, 0.25) is 0 Å². The molecule has 0 saturated heterocycles. The Labute approximate surface area is 202 Å². The van der Waals surface area contributed by atoms with E-state index in [2.05, 4.69) is 66.4 Å². The van der Waals surface area contributed by atoms with Gasteiger partial charge < -0.3 is 20.1 Å². The van der Waals surface area contributed by atoms with Crippen LogP contribution in [0.25, 0.3) is 0 Å². The Bertz CT molecular complexity index is 1160. The normalized spacial score (nSPS) is 11.6. The summed E-state index contributed by atoms with van der Waals surface area (Å²) in [5, 5.41) is 0. The molecule has 34 heavy (non-hydrogen) atoms. The molecule has 0 spiro atoms. The van der Waals surface area contributed by atoms with Crippen molar-refractivity contribution >= 4 is 11.4 Å². The summed E-state index contributed by atoms with van der Waals surface area (Å²) in [6.07, 6.45) is 0.880. The van der Waals surface area contributed by atoms with Crippen molar-refractivity contribution in [2.45, 2.75) is 32.5 Å². The number of ether oxygens (including phenoxy) is 2. The number of nitrogen functional groups attached to an aromatic ring is 1. The summed E-state index contributed by atoms with van der Waals surface area (Å²) in [7, 11) is 1.69. The highest BCUT2D eigenvalue weighted by Crippen LogP contribution is 2.35. The molecule has 0 heterocycles. The third kappa shape index (κ3) is 5.90. The van der Waals surface area contributed by atoms with Gasteiger partial charge in [0.2, 0.25) is 0 Å². The zero-order chi connectivity index (χ0) is 23.8. The average molecular weight is 453 g/mol. The van der Waals surface area contributed by atoms with Gasteiger partial charge in [0.05, 0.1) is 18.5 Å². The van der Waals surface area contributed by atoms with Crippen LogP contribution in [-0.4, -0.2) is 13.2 Å². The third-order valence-electron chi connectivity index (χ3n) is 6.01. The summed E-state index contributed by atoms with van der Waals surface area (Å²) in [6.45, 7) is 3.48. The SMILES string of the molecule is COc1ccc(CC(C)N(Cc2ccccc2)c2cccc(OCc3ccccc3)c2N)cc1. The Balaban J connectivity index is 1.59. The maximum absolute atomic E-state index is 6.69. The third-order valence-corrected chi connectivity index (χ3v) is 6.01. The van der Waals surface area contributed by atoms with E-state index < -0.39 is 0 Å². The molecule has 0 bridgehead atoms. The van der Waals surface area contributed by atoms with Crippen LogP contribution in [-0.2, 0) is 19.6 Å². The van der Waals surface area contributed by atoms with E-state index in [-0.39, 0.29) is 6.04 Å². The topological polar surface area (TPSA) is 47.7 Å². The van der Waals surface area contributed by atoms with E-state index >= 15 is 0 Å². The summed E-state index contributed by atoms with van der Waals surface area (Å²) in [4.78, 5) is 2.37. The van der Waals surface area contributed by atoms with Crippen LogP contribution in [0, 0.1) is 0 Å². The lowest BCUT2D eigenvalue weighted by molar-refractivity contribution is 0.308. The highest BCUT2D eigenvalue weighted by molar-refractivity contribution is 5.74. The minimum Gasteiger partial charge on any atom is -0.497 e. The predicted molar refractivity (Wildman–Crippen MR) is 140 cm³/mol. The molecule has 1 unspecified atom stereocenters.